The number of anilines is 1. The van der Waals surface area contributed by atoms with Crippen molar-refractivity contribution in [3.05, 3.63) is 59.2 Å². The van der Waals surface area contributed by atoms with Crippen LogP contribution >= 0.6 is 0 Å². The quantitative estimate of drug-likeness (QED) is 0.465. The largest absolute Gasteiger partial charge is 0.478 e. The third-order valence-electron chi connectivity index (χ3n) is 8.09. The van der Waals surface area contributed by atoms with E-state index in [4.69, 9.17) is 19.3 Å². The molecule has 2 N–H and O–H groups in total. The van der Waals surface area contributed by atoms with E-state index in [9.17, 15) is 9.59 Å². The molecule has 2 aromatic rings. The van der Waals surface area contributed by atoms with Crippen LogP contribution in [0.3, 0.4) is 0 Å². The van der Waals surface area contributed by atoms with Crippen molar-refractivity contribution in [1.82, 2.24) is 0 Å². The van der Waals surface area contributed by atoms with E-state index in [1.807, 2.05) is 19.1 Å². The third-order valence-corrected chi connectivity index (χ3v) is 8.09. The Morgan fingerprint density at radius 1 is 1.00 bits per heavy atom. The number of hydrogen-bond acceptors (Lipinski definition) is 5. The van der Waals surface area contributed by atoms with Crippen LogP contribution in [0.4, 0.5) is 5.69 Å². The summed E-state index contributed by atoms with van der Waals surface area (Å²) in [6.45, 7) is 1.90. The van der Waals surface area contributed by atoms with Gasteiger partial charge in [-0.1, -0.05) is 0 Å². The van der Waals surface area contributed by atoms with Gasteiger partial charge in [-0.3, -0.25) is 4.79 Å². The lowest BCUT2D eigenvalue weighted by Crippen LogP contribution is -2.48. The van der Waals surface area contributed by atoms with Gasteiger partial charge in [0.1, 0.15) is 5.75 Å². The van der Waals surface area contributed by atoms with Crippen molar-refractivity contribution >= 4 is 17.6 Å². The number of benzene rings is 2. The van der Waals surface area contributed by atoms with Crippen molar-refractivity contribution in [3.8, 4) is 5.75 Å². The summed E-state index contributed by atoms with van der Waals surface area (Å²) >= 11 is 0. The highest BCUT2D eigenvalue weighted by Gasteiger charge is 2.52. The fourth-order valence-corrected chi connectivity index (χ4v) is 6.81. The number of hydrogen-bond donors (Lipinski definition) is 2. The van der Waals surface area contributed by atoms with Gasteiger partial charge in [0.05, 0.1) is 5.56 Å². The molecule has 7 heteroatoms. The Kier molecular flexibility index (Phi) is 6.55. The van der Waals surface area contributed by atoms with Gasteiger partial charge in [0, 0.05) is 23.9 Å². The minimum Gasteiger partial charge on any atom is -0.478 e. The summed E-state index contributed by atoms with van der Waals surface area (Å²) in [5.41, 5.74) is 2.45. The summed E-state index contributed by atoms with van der Waals surface area (Å²) in [6.07, 6.45) is 7.06. The molecule has 2 aromatic carbocycles. The van der Waals surface area contributed by atoms with E-state index in [2.05, 4.69) is 5.32 Å². The first-order valence-electron chi connectivity index (χ1n) is 12.4. The van der Waals surface area contributed by atoms with Gasteiger partial charge in [-0.2, -0.15) is 0 Å². The molecule has 0 saturated heterocycles. The van der Waals surface area contributed by atoms with E-state index in [1.54, 1.807) is 25.3 Å². The number of rotatable bonds is 9. The first-order chi connectivity index (χ1) is 16.8. The van der Waals surface area contributed by atoms with E-state index in [-0.39, 0.29) is 30.0 Å². The van der Waals surface area contributed by atoms with Crippen LogP contribution in [0.1, 0.15) is 71.7 Å². The number of carboxylic acid groups (broad SMARTS) is 1. The van der Waals surface area contributed by atoms with Crippen LogP contribution in [0.5, 0.6) is 5.75 Å². The number of carbonyl (C=O) groups excluding carboxylic acids is 1. The summed E-state index contributed by atoms with van der Waals surface area (Å²) in [5, 5.41) is 12.0. The fourth-order valence-electron chi connectivity index (χ4n) is 6.81. The Morgan fingerprint density at radius 3 is 2.17 bits per heavy atom. The average Bonchev–Trinajstić information content (AvgIpc) is 2.83. The molecule has 4 saturated carbocycles. The van der Waals surface area contributed by atoms with Gasteiger partial charge in [0.25, 0.3) is 5.91 Å². The molecule has 4 bridgehead atoms. The molecule has 7 nitrogen and oxygen atoms in total. The molecule has 4 fully saturated rings. The highest BCUT2D eigenvalue weighted by Crippen LogP contribution is 2.62. The van der Waals surface area contributed by atoms with E-state index in [0.29, 0.717) is 11.3 Å². The van der Waals surface area contributed by atoms with Gasteiger partial charge < -0.3 is 24.6 Å². The van der Waals surface area contributed by atoms with Crippen molar-refractivity contribution in [2.75, 3.05) is 19.2 Å². The van der Waals surface area contributed by atoms with Crippen molar-refractivity contribution in [2.45, 2.75) is 57.2 Å². The molecule has 4 aliphatic rings. The molecule has 0 aromatic heterocycles. The Morgan fingerprint density at radius 2 is 1.60 bits per heavy atom. The first kappa shape index (κ1) is 23.8. The minimum absolute atomic E-state index is 0.0381. The number of carboxylic acids is 1. The topological polar surface area (TPSA) is 94.1 Å². The molecule has 0 aliphatic heterocycles. The molecule has 0 spiro atoms. The molecule has 4 aliphatic carbocycles. The van der Waals surface area contributed by atoms with Gasteiger partial charge in [0.15, 0.2) is 13.1 Å². The van der Waals surface area contributed by atoms with Crippen LogP contribution < -0.4 is 10.1 Å². The van der Waals surface area contributed by atoms with Gasteiger partial charge in [-0.25, -0.2) is 4.79 Å². The highest BCUT2D eigenvalue weighted by atomic mass is 16.7. The van der Waals surface area contributed by atoms with Gasteiger partial charge >= 0.3 is 5.97 Å². The Bertz CT molecular complexity index is 1060. The lowest BCUT2D eigenvalue weighted by atomic mass is 9.48. The maximum atomic E-state index is 13.2. The predicted octanol–water partition coefficient (Wildman–Crippen LogP) is 5.45. The zero-order valence-corrected chi connectivity index (χ0v) is 20.3. The Hall–Kier alpha value is -2.90. The van der Waals surface area contributed by atoms with Crippen LogP contribution in [0.15, 0.2) is 42.5 Å². The van der Waals surface area contributed by atoms with Crippen molar-refractivity contribution in [3.63, 3.8) is 0 Å². The lowest BCUT2D eigenvalue weighted by Gasteiger charge is -2.57. The number of carbonyl (C=O) groups is 2. The molecular weight excluding hydrogens is 446 g/mol. The van der Waals surface area contributed by atoms with E-state index in [0.717, 1.165) is 48.3 Å². The van der Waals surface area contributed by atoms with Crippen molar-refractivity contribution in [2.24, 2.45) is 17.8 Å². The predicted molar refractivity (Wildman–Crippen MR) is 131 cm³/mol. The van der Waals surface area contributed by atoms with E-state index in [1.165, 1.54) is 31.4 Å². The second kappa shape index (κ2) is 9.63. The molecular formula is C28H33NO6. The SMILES string of the molecule is COC(C)OCOc1ccc(C(=O)Nc2ccc(C(=O)O)cc2)cc1C12CC3CC(CC(C3)C1)C2. The molecule has 6 rings (SSSR count). The zero-order chi connectivity index (χ0) is 24.6. The molecule has 1 unspecified atom stereocenters. The zero-order valence-electron chi connectivity index (χ0n) is 20.3. The average molecular weight is 480 g/mol. The summed E-state index contributed by atoms with van der Waals surface area (Å²) in [7, 11) is 1.59. The minimum atomic E-state index is -0.998. The van der Waals surface area contributed by atoms with Crippen LogP contribution in [-0.2, 0) is 14.9 Å². The molecule has 186 valence electrons. The number of amides is 1. The summed E-state index contributed by atoms with van der Waals surface area (Å²) in [6, 6.07) is 11.8. The van der Waals surface area contributed by atoms with Crippen molar-refractivity contribution < 1.29 is 28.9 Å². The summed E-state index contributed by atoms with van der Waals surface area (Å²) in [4.78, 5) is 24.3. The van der Waals surface area contributed by atoms with E-state index >= 15 is 0 Å². The standard InChI is InChI=1S/C28H33NO6/c1-17(33-2)34-16-35-25-8-5-22(26(30)29-23-6-3-21(4-7-23)27(31)32)12-24(25)28-13-18-9-19(14-28)11-20(10-18)15-28/h3-8,12,17-20H,9-11,13-16H2,1-2H3,(H,29,30)(H,31,32). The second-order valence-corrected chi connectivity index (χ2v) is 10.5. The Labute approximate surface area is 205 Å². The van der Waals surface area contributed by atoms with E-state index < -0.39 is 5.97 Å². The normalized spacial score (nSPS) is 27.4. The number of ether oxygens (including phenoxy) is 3. The molecule has 35 heavy (non-hydrogen) atoms. The first-order valence-corrected chi connectivity index (χ1v) is 12.4. The summed E-state index contributed by atoms with van der Waals surface area (Å²) < 4.78 is 16.8. The second-order valence-electron chi connectivity index (χ2n) is 10.5. The Balaban J connectivity index is 1.41. The van der Waals surface area contributed by atoms with Crippen LogP contribution in [0, 0.1) is 17.8 Å². The van der Waals surface area contributed by atoms with Crippen molar-refractivity contribution in [1.29, 1.82) is 0 Å². The van der Waals surface area contributed by atoms with Crippen LogP contribution in [-0.4, -0.2) is 37.2 Å². The highest BCUT2D eigenvalue weighted by molar-refractivity contribution is 6.04. The van der Waals surface area contributed by atoms with Gasteiger partial charge in [0.2, 0.25) is 0 Å². The monoisotopic (exact) mass is 479 g/mol. The van der Waals surface area contributed by atoms with Gasteiger partial charge in [-0.05, 0) is 111 Å². The number of methoxy groups -OCH3 is 1. The smallest absolute Gasteiger partial charge is 0.335 e. The van der Waals surface area contributed by atoms with Crippen LogP contribution in [0.25, 0.3) is 0 Å². The third kappa shape index (κ3) is 4.93. The summed E-state index contributed by atoms with van der Waals surface area (Å²) in [5.74, 6) is 1.81. The fraction of sp³-hybridized carbons (Fsp3) is 0.500. The molecule has 0 radical (unpaired) electrons. The van der Waals surface area contributed by atoms with Crippen LogP contribution in [0.2, 0.25) is 0 Å². The maximum absolute atomic E-state index is 13.2. The molecule has 1 atom stereocenters. The molecule has 0 heterocycles. The maximum Gasteiger partial charge on any atom is 0.335 e. The number of aromatic carboxylic acids is 1. The van der Waals surface area contributed by atoms with Gasteiger partial charge in [-0.15, -0.1) is 0 Å². The number of nitrogens with one attached hydrogen (secondary N) is 1. The molecule has 1 amide bonds. The lowest BCUT2D eigenvalue weighted by molar-refractivity contribution is -0.150.